The molecule has 1 aliphatic heterocycles. The van der Waals surface area contributed by atoms with E-state index in [0.29, 0.717) is 0 Å². The van der Waals surface area contributed by atoms with Crippen molar-refractivity contribution in [1.29, 1.82) is 0 Å². The van der Waals surface area contributed by atoms with E-state index in [1.807, 2.05) is 53.4 Å². The summed E-state index contributed by atoms with van der Waals surface area (Å²) in [7, 11) is 0. The van der Waals surface area contributed by atoms with Crippen LogP contribution in [0.4, 0.5) is 0 Å². The van der Waals surface area contributed by atoms with E-state index in [1.54, 1.807) is 0 Å². The highest BCUT2D eigenvalue weighted by Gasteiger charge is 2.27. The van der Waals surface area contributed by atoms with Crippen LogP contribution in [0.15, 0.2) is 65.1 Å². The molecule has 0 radical (unpaired) electrons. The van der Waals surface area contributed by atoms with Crippen LogP contribution >= 0.6 is 0 Å². The Morgan fingerprint density at radius 1 is 0.933 bits per heavy atom. The highest BCUT2D eigenvalue weighted by molar-refractivity contribution is 5.94. The molecule has 1 aliphatic rings. The number of amides is 1. The van der Waals surface area contributed by atoms with E-state index in [1.165, 1.54) is 11.4 Å². The number of benzene rings is 2. The van der Waals surface area contributed by atoms with Gasteiger partial charge >= 0.3 is 0 Å². The van der Waals surface area contributed by atoms with E-state index in [9.17, 15) is 4.79 Å². The van der Waals surface area contributed by atoms with Crippen LogP contribution < -0.4 is 0 Å². The van der Waals surface area contributed by atoms with Crippen molar-refractivity contribution in [3.05, 3.63) is 83.5 Å². The van der Waals surface area contributed by atoms with Gasteiger partial charge in [0.05, 0.1) is 0 Å². The van der Waals surface area contributed by atoms with Gasteiger partial charge in [0.2, 0.25) is 0 Å². The lowest BCUT2D eigenvalue weighted by Gasteiger charge is -2.30. The molecule has 5 nitrogen and oxygen atoms in total. The summed E-state index contributed by atoms with van der Waals surface area (Å²) in [6.07, 6.45) is 1.75. The predicted octanol–water partition coefficient (Wildman–Crippen LogP) is 5.26. The van der Waals surface area contributed by atoms with Crippen molar-refractivity contribution in [1.82, 2.24) is 14.5 Å². The Labute approximate surface area is 175 Å². The van der Waals surface area contributed by atoms with Gasteiger partial charge in [-0.25, -0.2) is 4.98 Å². The summed E-state index contributed by atoms with van der Waals surface area (Å²) >= 11 is 0. The number of rotatable bonds is 3. The summed E-state index contributed by atoms with van der Waals surface area (Å²) in [6.45, 7) is 5.62. The van der Waals surface area contributed by atoms with Crippen molar-refractivity contribution < 1.29 is 9.21 Å². The molecule has 5 rings (SSSR count). The number of oxazole rings is 1. The SMILES string of the molecule is Cc1ccc(C)n1-c1ccc(C(=O)N2CCC(c3nc4ccccc4o3)CC2)cc1. The Kier molecular flexibility index (Phi) is 4.66. The smallest absolute Gasteiger partial charge is 0.253 e. The molecule has 2 aromatic carbocycles. The van der Waals surface area contributed by atoms with Crippen LogP contribution in [0.3, 0.4) is 0 Å². The number of hydrogen-bond donors (Lipinski definition) is 0. The zero-order valence-electron chi connectivity index (χ0n) is 17.3. The first-order chi connectivity index (χ1) is 14.6. The monoisotopic (exact) mass is 399 g/mol. The molecular formula is C25H25N3O2. The minimum Gasteiger partial charge on any atom is -0.440 e. The molecule has 1 amide bonds. The van der Waals surface area contributed by atoms with Gasteiger partial charge in [0.25, 0.3) is 5.91 Å². The van der Waals surface area contributed by atoms with Crippen LogP contribution in [0.5, 0.6) is 0 Å². The van der Waals surface area contributed by atoms with Crippen LogP contribution in [0.1, 0.15) is 46.4 Å². The number of nitrogens with zero attached hydrogens (tertiary/aromatic N) is 3. The zero-order chi connectivity index (χ0) is 20.7. The number of hydrogen-bond acceptors (Lipinski definition) is 3. The van der Waals surface area contributed by atoms with Crippen LogP contribution in [0, 0.1) is 13.8 Å². The highest BCUT2D eigenvalue weighted by atomic mass is 16.3. The molecule has 2 aromatic heterocycles. The van der Waals surface area contributed by atoms with Gasteiger partial charge in [-0.2, -0.15) is 0 Å². The maximum Gasteiger partial charge on any atom is 0.253 e. The normalized spacial score (nSPS) is 15.1. The van der Waals surface area contributed by atoms with Crippen LogP contribution in [0.25, 0.3) is 16.8 Å². The van der Waals surface area contributed by atoms with Gasteiger partial charge in [-0.3, -0.25) is 4.79 Å². The lowest BCUT2D eigenvalue weighted by atomic mass is 9.96. The van der Waals surface area contributed by atoms with Gasteiger partial charge in [0.1, 0.15) is 5.52 Å². The molecule has 3 heterocycles. The summed E-state index contributed by atoms with van der Waals surface area (Å²) in [6, 6.07) is 20.0. The number of aromatic nitrogens is 2. The lowest BCUT2D eigenvalue weighted by molar-refractivity contribution is 0.0706. The lowest BCUT2D eigenvalue weighted by Crippen LogP contribution is -2.38. The molecule has 4 aromatic rings. The first-order valence-corrected chi connectivity index (χ1v) is 10.5. The Hall–Kier alpha value is -3.34. The molecule has 1 saturated heterocycles. The molecular weight excluding hydrogens is 374 g/mol. The van der Waals surface area contributed by atoms with E-state index in [0.717, 1.165) is 54.2 Å². The van der Waals surface area contributed by atoms with Gasteiger partial charge in [-0.15, -0.1) is 0 Å². The highest BCUT2D eigenvalue weighted by Crippen LogP contribution is 2.30. The zero-order valence-corrected chi connectivity index (χ0v) is 17.3. The summed E-state index contributed by atoms with van der Waals surface area (Å²) in [5, 5.41) is 0. The number of carbonyl (C=O) groups excluding carboxylic acids is 1. The van der Waals surface area contributed by atoms with Gasteiger partial charge in [-0.1, -0.05) is 12.1 Å². The summed E-state index contributed by atoms with van der Waals surface area (Å²) in [5.74, 6) is 1.16. The van der Waals surface area contributed by atoms with Crippen molar-refractivity contribution >= 4 is 17.0 Å². The molecule has 0 bridgehead atoms. The molecule has 30 heavy (non-hydrogen) atoms. The third-order valence-electron chi connectivity index (χ3n) is 6.09. The molecule has 0 atom stereocenters. The third kappa shape index (κ3) is 3.30. The van der Waals surface area contributed by atoms with Gasteiger partial charge in [-0.05, 0) is 75.2 Å². The van der Waals surface area contributed by atoms with Crippen molar-refractivity contribution in [2.45, 2.75) is 32.6 Å². The van der Waals surface area contributed by atoms with Crippen molar-refractivity contribution in [3.8, 4) is 5.69 Å². The second-order valence-electron chi connectivity index (χ2n) is 8.08. The molecule has 5 heteroatoms. The van der Waals surface area contributed by atoms with E-state index in [-0.39, 0.29) is 11.8 Å². The Balaban J connectivity index is 1.26. The van der Waals surface area contributed by atoms with Crippen LogP contribution in [0.2, 0.25) is 0 Å². The first kappa shape index (κ1) is 18.7. The molecule has 0 saturated carbocycles. The van der Waals surface area contributed by atoms with E-state index >= 15 is 0 Å². The topological polar surface area (TPSA) is 51.3 Å². The maximum atomic E-state index is 13.0. The molecule has 0 spiro atoms. The Bertz CT molecular complexity index is 1140. The van der Waals surface area contributed by atoms with Crippen molar-refractivity contribution in [2.75, 3.05) is 13.1 Å². The number of fused-ring (bicyclic) bond motifs is 1. The van der Waals surface area contributed by atoms with Gasteiger partial charge < -0.3 is 13.9 Å². The van der Waals surface area contributed by atoms with E-state index < -0.39 is 0 Å². The number of aryl methyl sites for hydroxylation is 2. The number of para-hydroxylation sites is 2. The van der Waals surface area contributed by atoms with Crippen LogP contribution in [-0.2, 0) is 0 Å². The fourth-order valence-electron chi connectivity index (χ4n) is 4.41. The molecule has 0 aliphatic carbocycles. The standard InChI is InChI=1S/C25H25N3O2/c1-17-7-8-18(2)28(17)21-11-9-20(10-12-21)25(29)27-15-13-19(14-16-27)24-26-22-5-3-4-6-23(22)30-24/h3-12,19H,13-16H2,1-2H3. The van der Waals surface area contributed by atoms with Crippen molar-refractivity contribution in [2.24, 2.45) is 0 Å². The van der Waals surface area contributed by atoms with E-state index in [4.69, 9.17) is 4.42 Å². The Morgan fingerprint density at radius 2 is 1.60 bits per heavy atom. The number of carbonyl (C=O) groups is 1. The third-order valence-corrected chi connectivity index (χ3v) is 6.09. The second kappa shape index (κ2) is 7.48. The fourth-order valence-corrected chi connectivity index (χ4v) is 4.41. The maximum absolute atomic E-state index is 13.0. The molecule has 0 N–H and O–H groups in total. The fraction of sp³-hybridized carbons (Fsp3) is 0.280. The molecule has 152 valence electrons. The first-order valence-electron chi connectivity index (χ1n) is 10.5. The van der Waals surface area contributed by atoms with E-state index in [2.05, 4.69) is 35.5 Å². The number of likely N-dealkylation sites (tertiary alicyclic amines) is 1. The van der Waals surface area contributed by atoms with Crippen LogP contribution in [-0.4, -0.2) is 33.4 Å². The predicted molar refractivity (Wildman–Crippen MR) is 117 cm³/mol. The minimum absolute atomic E-state index is 0.0958. The second-order valence-corrected chi connectivity index (χ2v) is 8.08. The molecule has 0 unspecified atom stereocenters. The van der Waals surface area contributed by atoms with Crippen molar-refractivity contribution in [3.63, 3.8) is 0 Å². The summed E-state index contributed by atoms with van der Waals surface area (Å²) < 4.78 is 8.13. The van der Waals surface area contributed by atoms with Gasteiger partial charge in [0.15, 0.2) is 11.5 Å². The average molecular weight is 399 g/mol. The number of piperidine rings is 1. The average Bonchev–Trinajstić information content (AvgIpc) is 3.36. The Morgan fingerprint density at radius 3 is 2.27 bits per heavy atom. The minimum atomic E-state index is 0.0958. The molecule has 1 fully saturated rings. The summed E-state index contributed by atoms with van der Waals surface area (Å²) in [4.78, 5) is 19.6. The quantitative estimate of drug-likeness (QED) is 0.472. The summed E-state index contributed by atoms with van der Waals surface area (Å²) in [5.41, 5.74) is 5.93. The van der Waals surface area contributed by atoms with Gasteiger partial charge in [0, 0.05) is 41.6 Å². The largest absolute Gasteiger partial charge is 0.440 e.